The molecule has 2 heterocycles. The van der Waals surface area contributed by atoms with Crippen LogP contribution in [0.1, 0.15) is 18.3 Å². The van der Waals surface area contributed by atoms with Gasteiger partial charge < -0.3 is 4.98 Å². The van der Waals surface area contributed by atoms with Crippen LogP contribution in [0.4, 0.5) is 0 Å². The van der Waals surface area contributed by atoms with Gasteiger partial charge in [0, 0.05) is 23.2 Å². The Morgan fingerprint density at radius 2 is 2.27 bits per heavy atom. The molecule has 0 aromatic carbocycles. The van der Waals surface area contributed by atoms with Gasteiger partial charge in [-0.1, -0.05) is 0 Å². The van der Waals surface area contributed by atoms with Gasteiger partial charge in [-0.2, -0.15) is 5.10 Å². The van der Waals surface area contributed by atoms with Crippen LogP contribution in [-0.4, -0.2) is 14.8 Å². The number of hydrogen-bond donors (Lipinski definition) is 1. The van der Waals surface area contributed by atoms with Gasteiger partial charge in [0.25, 0.3) is 0 Å². The second kappa shape index (κ2) is 3.90. The predicted molar refractivity (Wildman–Crippen MR) is 65.9 cm³/mol. The Bertz CT molecular complexity index is 533. The van der Waals surface area contributed by atoms with Crippen LogP contribution in [0.2, 0.25) is 0 Å². The van der Waals surface area contributed by atoms with Crippen LogP contribution < -0.4 is 0 Å². The van der Waals surface area contributed by atoms with Crippen molar-refractivity contribution in [3.05, 3.63) is 20.7 Å². The second-order valence-electron chi connectivity index (χ2n) is 3.42. The van der Waals surface area contributed by atoms with Crippen molar-refractivity contribution in [2.24, 2.45) is 0 Å². The number of aromatic nitrogens is 3. The zero-order valence-electron chi connectivity index (χ0n) is 9.00. The van der Waals surface area contributed by atoms with E-state index in [4.69, 9.17) is 12.2 Å². The minimum atomic E-state index is 0.813. The number of nitrogens with zero attached hydrogens (tertiary/aromatic N) is 2. The van der Waals surface area contributed by atoms with E-state index in [9.17, 15) is 0 Å². The normalized spacial score (nSPS) is 10.9. The topological polar surface area (TPSA) is 33.6 Å². The largest absolute Gasteiger partial charge is 0.337 e. The molecule has 2 aromatic heterocycles. The van der Waals surface area contributed by atoms with E-state index < -0.39 is 0 Å². The first-order chi connectivity index (χ1) is 7.13. The Morgan fingerprint density at radius 3 is 2.73 bits per heavy atom. The first kappa shape index (κ1) is 10.6. The molecule has 0 fully saturated rings. The Balaban J connectivity index is 2.62. The molecule has 0 unspecified atom stereocenters. The first-order valence-electron chi connectivity index (χ1n) is 4.85. The highest BCUT2D eigenvalue weighted by Gasteiger charge is 2.13. The summed E-state index contributed by atoms with van der Waals surface area (Å²) in [6.45, 7) is 7.12. The molecule has 1 N–H and O–H groups in total. The van der Waals surface area contributed by atoms with Crippen LogP contribution in [0, 0.1) is 17.8 Å². The third kappa shape index (κ3) is 1.77. The summed E-state index contributed by atoms with van der Waals surface area (Å²) in [4.78, 5) is 3.19. The average molecular weight is 239 g/mol. The van der Waals surface area contributed by atoms with Crippen molar-refractivity contribution >= 4 is 23.6 Å². The van der Waals surface area contributed by atoms with Gasteiger partial charge in [-0.3, -0.25) is 4.68 Å². The lowest BCUT2D eigenvalue weighted by atomic mass is 10.1. The Morgan fingerprint density at radius 1 is 1.53 bits per heavy atom. The van der Waals surface area contributed by atoms with E-state index in [1.807, 2.05) is 11.6 Å². The van der Waals surface area contributed by atoms with E-state index in [1.165, 1.54) is 11.3 Å². The number of hydrogen-bond acceptors (Lipinski definition) is 3. The molecule has 0 radical (unpaired) electrons. The summed E-state index contributed by atoms with van der Waals surface area (Å²) in [5, 5.41) is 6.54. The van der Waals surface area contributed by atoms with Crippen molar-refractivity contribution in [2.75, 3.05) is 0 Å². The summed E-state index contributed by atoms with van der Waals surface area (Å²) >= 11 is 6.65. The summed E-state index contributed by atoms with van der Waals surface area (Å²) in [5.41, 5.74) is 4.52. The molecule has 0 spiro atoms. The highest BCUT2D eigenvalue weighted by Crippen LogP contribution is 2.26. The number of thiazole rings is 1. The van der Waals surface area contributed by atoms with Crippen molar-refractivity contribution in [3.63, 3.8) is 0 Å². The molecule has 0 aliphatic rings. The van der Waals surface area contributed by atoms with Gasteiger partial charge in [0.1, 0.15) is 0 Å². The summed E-state index contributed by atoms with van der Waals surface area (Å²) in [7, 11) is 0. The predicted octanol–water partition coefficient (Wildman–Crippen LogP) is 3.31. The quantitative estimate of drug-likeness (QED) is 0.816. The molecule has 3 nitrogen and oxygen atoms in total. The minimum absolute atomic E-state index is 0.813. The van der Waals surface area contributed by atoms with Crippen LogP contribution in [-0.2, 0) is 6.54 Å². The van der Waals surface area contributed by atoms with Gasteiger partial charge in [0.15, 0.2) is 3.95 Å². The Kier molecular flexibility index (Phi) is 2.75. The molecule has 5 heteroatoms. The fourth-order valence-electron chi connectivity index (χ4n) is 1.80. The van der Waals surface area contributed by atoms with Gasteiger partial charge in [-0.25, -0.2) is 0 Å². The van der Waals surface area contributed by atoms with Gasteiger partial charge in [-0.15, -0.1) is 11.3 Å². The van der Waals surface area contributed by atoms with Crippen molar-refractivity contribution in [1.82, 2.24) is 14.8 Å². The van der Waals surface area contributed by atoms with E-state index in [2.05, 4.69) is 29.3 Å². The zero-order valence-corrected chi connectivity index (χ0v) is 10.6. The molecular weight excluding hydrogens is 226 g/mol. The number of aryl methyl sites for hydroxylation is 2. The Hall–Kier alpha value is -0.940. The lowest BCUT2D eigenvalue weighted by molar-refractivity contribution is 0.634. The third-order valence-electron chi connectivity index (χ3n) is 2.47. The molecule has 2 aromatic rings. The smallest absolute Gasteiger partial charge is 0.158 e. The molecule has 2 rings (SSSR count). The number of aromatic amines is 1. The van der Waals surface area contributed by atoms with Gasteiger partial charge in [0.05, 0.1) is 11.4 Å². The zero-order chi connectivity index (χ0) is 11.0. The highest BCUT2D eigenvalue weighted by atomic mass is 32.1. The standard InChI is InChI=1S/C10H13N3S2/c1-4-13-7(3)9(6(2)12-13)8-5-15-10(14)11-8/h5H,4H2,1-3H3,(H,11,14). The fraction of sp³-hybridized carbons (Fsp3) is 0.400. The number of nitrogens with one attached hydrogen (secondary N) is 1. The fourth-order valence-corrected chi connectivity index (χ4v) is 2.62. The van der Waals surface area contributed by atoms with Gasteiger partial charge in [-0.05, 0) is 33.0 Å². The number of H-pyrrole nitrogens is 1. The number of rotatable bonds is 2. The summed E-state index contributed by atoms with van der Waals surface area (Å²) in [5.74, 6) is 0. The summed E-state index contributed by atoms with van der Waals surface area (Å²) in [6, 6.07) is 0. The molecule has 0 atom stereocenters. The SMILES string of the molecule is CCn1nc(C)c(-c2csc(=S)[nH]2)c1C. The molecule has 0 aliphatic heterocycles. The van der Waals surface area contributed by atoms with Gasteiger partial charge in [0.2, 0.25) is 0 Å². The minimum Gasteiger partial charge on any atom is -0.337 e. The van der Waals surface area contributed by atoms with E-state index in [1.54, 1.807) is 11.3 Å². The highest BCUT2D eigenvalue weighted by molar-refractivity contribution is 7.73. The maximum absolute atomic E-state index is 5.09. The summed E-state index contributed by atoms with van der Waals surface area (Å²) < 4.78 is 2.83. The molecule has 80 valence electrons. The Labute approximate surface area is 97.8 Å². The van der Waals surface area contributed by atoms with Crippen LogP contribution in [0.3, 0.4) is 0 Å². The summed E-state index contributed by atoms with van der Waals surface area (Å²) in [6.07, 6.45) is 0. The maximum Gasteiger partial charge on any atom is 0.158 e. The molecule has 0 saturated heterocycles. The maximum atomic E-state index is 5.09. The molecule has 0 saturated carbocycles. The van der Waals surface area contributed by atoms with Crippen LogP contribution in [0.5, 0.6) is 0 Å². The average Bonchev–Trinajstić information content (AvgIpc) is 2.71. The molecule has 0 bridgehead atoms. The van der Waals surface area contributed by atoms with E-state index in [0.717, 1.165) is 21.9 Å². The van der Waals surface area contributed by atoms with Crippen molar-refractivity contribution in [1.29, 1.82) is 0 Å². The molecule has 0 amide bonds. The third-order valence-corrected chi connectivity index (χ3v) is 3.53. The van der Waals surface area contributed by atoms with Crippen LogP contribution >= 0.6 is 23.6 Å². The van der Waals surface area contributed by atoms with Crippen molar-refractivity contribution < 1.29 is 0 Å². The second-order valence-corrected chi connectivity index (χ2v) is 4.97. The van der Waals surface area contributed by atoms with Crippen molar-refractivity contribution in [2.45, 2.75) is 27.3 Å². The van der Waals surface area contributed by atoms with Gasteiger partial charge >= 0.3 is 0 Å². The molecular formula is C10H13N3S2. The van der Waals surface area contributed by atoms with Crippen LogP contribution in [0.15, 0.2) is 5.38 Å². The monoisotopic (exact) mass is 239 g/mol. The first-order valence-corrected chi connectivity index (χ1v) is 6.14. The lowest BCUT2D eigenvalue weighted by Gasteiger charge is -1.99. The molecule has 15 heavy (non-hydrogen) atoms. The molecule has 0 aliphatic carbocycles. The van der Waals surface area contributed by atoms with E-state index in [0.29, 0.717) is 0 Å². The van der Waals surface area contributed by atoms with Crippen molar-refractivity contribution in [3.8, 4) is 11.3 Å². The lowest BCUT2D eigenvalue weighted by Crippen LogP contribution is -1.98. The van der Waals surface area contributed by atoms with E-state index >= 15 is 0 Å². The van der Waals surface area contributed by atoms with E-state index in [-0.39, 0.29) is 0 Å². The van der Waals surface area contributed by atoms with Crippen LogP contribution in [0.25, 0.3) is 11.3 Å².